The zero-order valence-electron chi connectivity index (χ0n) is 24.1. The lowest BCUT2D eigenvalue weighted by Crippen LogP contribution is -2.40. The van der Waals surface area contributed by atoms with E-state index in [1.165, 1.54) is 16.8 Å². The Balaban J connectivity index is 1.43. The summed E-state index contributed by atoms with van der Waals surface area (Å²) in [5.41, 5.74) is 0.0874. The predicted octanol–water partition coefficient (Wildman–Crippen LogP) is 5.00. The molecule has 0 saturated carbocycles. The van der Waals surface area contributed by atoms with E-state index in [1.807, 2.05) is 78.9 Å². The van der Waals surface area contributed by atoms with Gasteiger partial charge in [0.25, 0.3) is 9.35 Å². The summed E-state index contributed by atoms with van der Waals surface area (Å²) in [6, 6.07) is 25.4. The summed E-state index contributed by atoms with van der Waals surface area (Å²) < 4.78 is 29.6. The SMILES string of the molecule is COc1ccc(C(OC[C@H]2O[C@@H](n3ccc(=O)[nH]c3=O)[C@@H]3N=C(C(Cl)(Cl)Cl)O[C@@H]32)(c2ccccc2)c2ccc(OC)cc2)cc1. The van der Waals surface area contributed by atoms with Crippen LogP contribution in [0.25, 0.3) is 0 Å². The summed E-state index contributed by atoms with van der Waals surface area (Å²) in [5, 5.41) is 0. The van der Waals surface area contributed by atoms with Gasteiger partial charge in [0.1, 0.15) is 29.2 Å². The van der Waals surface area contributed by atoms with Gasteiger partial charge in [-0.3, -0.25) is 14.3 Å². The average molecular weight is 673 g/mol. The van der Waals surface area contributed by atoms with Crippen LogP contribution in [0.15, 0.2) is 106 Å². The van der Waals surface area contributed by atoms with Crippen molar-refractivity contribution >= 4 is 40.7 Å². The maximum atomic E-state index is 12.8. The maximum Gasteiger partial charge on any atom is 0.330 e. The van der Waals surface area contributed by atoms with Gasteiger partial charge in [-0.25, -0.2) is 9.79 Å². The first kappa shape index (κ1) is 31.2. The van der Waals surface area contributed by atoms with Gasteiger partial charge in [0.15, 0.2) is 12.3 Å². The van der Waals surface area contributed by atoms with Crippen molar-refractivity contribution in [3.05, 3.63) is 129 Å². The molecule has 45 heavy (non-hydrogen) atoms. The van der Waals surface area contributed by atoms with Gasteiger partial charge in [0.2, 0.25) is 5.90 Å². The van der Waals surface area contributed by atoms with E-state index in [2.05, 4.69) is 9.98 Å². The minimum Gasteiger partial charge on any atom is -0.497 e. The molecule has 2 aliphatic rings. The van der Waals surface area contributed by atoms with E-state index in [9.17, 15) is 9.59 Å². The standard InChI is InChI=1S/C32H28Cl3N3O7/c1-41-22-12-8-20(9-13-22)31(19-6-4-3-5-7-19,21-10-14-23(42-2)15-11-21)43-18-24-27-26(37-29(45-27)32(33,34)35)28(44-24)38-17-16-25(39)36-30(38)40/h3-17,24,26-28H,18H2,1-2H3,(H,36,39,40)/t24-,26-,27-,28-/m1/s1. The number of aromatic nitrogens is 2. The van der Waals surface area contributed by atoms with Gasteiger partial charge in [-0.1, -0.05) is 89.4 Å². The van der Waals surface area contributed by atoms with Crippen molar-refractivity contribution in [2.75, 3.05) is 20.8 Å². The van der Waals surface area contributed by atoms with E-state index in [1.54, 1.807) is 14.2 Å². The Kier molecular flexibility index (Phi) is 8.69. The van der Waals surface area contributed by atoms with E-state index >= 15 is 0 Å². The summed E-state index contributed by atoms with van der Waals surface area (Å²) in [6.07, 6.45) is -1.21. The molecule has 0 spiro atoms. The molecule has 3 aromatic carbocycles. The number of hydrogen-bond donors (Lipinski definition) is 1. The zero-order valence-corrected chi connectivity index (χ0v) is 26.3. The summed E-state index contributed by atoms with van der Waals surface area (Å²) in [6.45, 7) is -0.0363. The number of aliphatic imine (C=N–C) groups is 1. The molecule has 1 fully saturated rings. The molecule has 1 aromatic heterocycles. The highest BCUT2D eigenvalue weighted by molar-refractivity contribution is 6.76. The van der Waals surface area contributed by atoms with Crippen LogP contribution < -0.4 is 20.7 Å². The Bertz CT molecular complexity index is 1740. The van der Waals surface area contributed by atoms with Crippen LogP contribution in [-0.4, -0.2) is 58.3 Å². The monoisotopic (exact) mass is 671 g/mol. The predicted molar refractivity (Wildman–Crippen MR) is 170 cm³/mol. The molecule has 6 rings (SSSR count). The van der Waals surface area contributed by atoms with Crippen molar-refractivity contribution in [2.24, 2.45) is 4.99 Å². The summed E-state index contributed by atoms with van der Waals surface area (Å²) in [4.78, 5) is 31.3. The van der Waals surface area contributed by atoms with Crippen molar-refractivity contribution in [1.82, 2.24) is 9.55 Å². The number of H-pyrrole nitrogens is 1. The molecule has 0 unspecified atom stereocenters. The Labute approximate surface area is 273 Å². The third-order valence-electron chi connectivity index (χ3n) is 7.83. The minimum absolute atomic E-state index is 0.0363. The first-order valence-corrected chi connectivity index (χ1v) is 15.0. The molecule has 3 heterocycles. The van der Waals surface area contributed by atoms with Crippen LogP contribution in [0.5, 0.6) is 11.5 Å². The van der Waals surface area contributed by atoms with Crippen LogP contribution in [0, 0.1) is 0 Å². The Morgan fingerprint density at radius 1 is 0.844 bits per heavy atom. The molecule has 1 saturated heterocycles. The van der Waals surface area contributed by atoms with Crippen LogP contribution in [-0.2, 0) is 19.8 Å². The van der Waals surface area contributed by atoms with E-state index < -0.39 is 45.1 Å². The van der Waals surface area contributed by atoms with Crippen LogP contribution >= 0.6 is 34.8 Å². The number of nitrogens with one attached hydrogen (secondary N) is 1. The highest BCUT2D eigenvalue weighted by Gasteiger charge is 2.55. The average Bonchev–Trinajstić information content (AvgIpc) is 3.63. The molecule has 1 N–H and O–H groups in total. The Morgan fingerprint density at radius 3 is 1.96 bits per heavy atom. The van der Waals surface area contributed by atoms with Crippen molar-refractivity contribution in [3.63, 3.8) is 0 Å². The van der Waals surface area contributed by atoms with Crippen molar-refractivity contribution in [2.45, 2.75) is 33.9 Å². The van der Waals surface area contributed by atoms with Crippen molar-refractivity contribution < 1.29 is 23.7 Å². The number of nitrogens with zero attached hydrogens (tertiary/aromatic N) is 2. The quantitative estimate of drug-likeness (QED) is 0.197. The minimum atomic E-state index is -1.95. The molecular weight excluding hydrogens is 645 g/mol. The van der Waals surface area contributed by atoms with Gasteiger partial charge in [0.05, 0.1) is 20.8 Å². The second kappa shape index (κ2) is 12.5. The molecule has 0 aliphatic carbocycles. The number of alkyl halides is 3. The zero-order chi connectivity index (χ0) is 31.8. The fraction of sp³-hybridized carbons (Fsp3) is 0.281. The highest BCUT2D eigenvalue weighted by atomic mass is 35.6. The fourth-order valence-corrected chi connectivity index (χ4v) is 5.99. The lowest BCUT2D eigenvalue weighted by Gasteiger charge is -2.37. The number of hydrogen-bond acceptors (Lipinski definition) is 8. The molecule has 4 aromatic rings. The van der Waals surface area contributed by atoms with Crippen molar-refractivity contribution in [3.8, 4) is 11.5 Å². The summed E-state index contributed by atoms with van der Waals surface area (Å²) in [7, 11) is 3.21. The van der Waals surface area contributed by atoms with Gasteiger partial charge in [0, 0.05) is 12.3 Å². The van der Waals surface area contributed by atoms with Gasteiger partial charge in [-0.15, -0.1) is 0 Å². The molecule has 0 amide bonds. The Hall–Kier alpha value is -3.80. The number of halogens is 3. The Morgan fingerprint density at radius 2 is 1.42 bits per heavy atom. The van der Waals surface area contributed by atoms with E-state index in [0.717, 1.165) is 16.7 Å². The number of methoxy groups -OCH3 is 2. The normalized spacial score (nSPS) is 21.1. The molecule has 10 nitrogen and oxygen atoms in total. The third-order valence-corrected chi connectivity index (χ3v) is 8.31. The lowest BCUT2D eigenvalue weighted by molar-refractivity contribution is -0.0939. The topological polar surface area (TPSA) is 113 Å². The number of aromatic amines is 1. The second-order valence-corrected chi connectivity index (χ2v) is 12.7. The number of ether oxygens (including phenoxy) is 5. The first-order chi connectivity index (χ1) is 21.6. The molecular formula is C32H28Cl3N3O7. The third kappa shape index (κ3) is 5.96. The molecule has 0 radical (unpaired) electrons. The fourth-order valence-electron chi connectivity index (χ4n) is 5.71. The van der Waals surface area contributed by atoms with Crippen LogP contribution in [0.3, 0.4) is 0 Å². The van der Waals surface area contributed by atoms with Crippen LogP contribution in [0.2, 0.25) is 0 Å². The van der Waals surface area contributed by atoms with Crippen molar-refractivity contribution in [1.29, 1.82) is 0 Å². The highest BCUT2D eigenvalue weighted by Crippen LogP contribution is 2.45. The number of rotatable bonds is 9. The molecule has 13 heteroatoms. The summed E-state index contributed by atoms with van der Waals surface area (Å²) >= 11 is 18.5. The second-order valence-electron chi connectivity index (χ2n) is 10.4. The van der Waals surface area contributed by atoms with Gasteiger partial charge in [-0.05, 0) is 41.0 Å². The van der Waals surface area contributed by atoms with Gasteiger partial charge < -0.3 is 23.7 Å². The lowest BCUT2D eigenvalue weighted by atomic mass is 9.80. The molecule has 4 atom stereocenters. The summed E-state index contributed by atoms with van der Waals surface area (Å²) in [5.74, 6) is 1.24. The van der Waals surface area contributed by atoms with Crippen LogP contribution in [0.1, 0.15) is 22.9 Å². The number of fused-ring (bicyclic) bond motifs is 1. The number of benzene rings is 3. The molecule has 2 aliphatic heterocycles. The van der Waals surface area contributed by atoms with E-state index in [-0.39, 0.29) is 12.5 Å². The molecule has 0 bridgehead atoms. The first-order valence-electron chi connectivity index (χ1n) is 13.9. The molecule has 234 valence electrons. The smallest absolute Gasteiger partial charge is 0.330 e. The van der Waals surface area contributed by atoms with E-state index in [0.29, 0.717) is 11.5 Å². The largest absolute Gasteiger partial charge is 0.497 e. The van der Waals surface area contributed by atoms with Crippen LogP contribution in [0.4, 0.5) is 0 Å². The van der Waals surface area contributed by atoms with E-state index in [4.69, 9.17) is 58.5 Å². The van der Waals surface area contributed by atoms with Gasteiger partial charge >= 0.3 is 5.69 Å². The maximum absolute atomic E-state index is 12.8. The van der Waals surface area contributed by atoms with Gasteiger partial charge in [-0.2, -0.15) is 0 Å².